The summed E-state index contributed by atoms with van der Waals surface area (Å²) in [6, 6.07) is 27.8. The minimum absolute atomic E-state index is 0.0744. The molecule has 0 aromatic heterocycles. The number of hydrogen-bond acceptors (Lipinski definition) is 12. The summed E-state index contributed by atoms with van der Waals surface area (Å²) >= 11 is 0. The molecular weight excluding hydrogens is 1100 g/mol. The molecule has 0 radical (unpaired) electrons. The van der Waals surface area contributed by atoms with Gasteiger partial charge in [-0.15, -0.1) is 0 Å². The summed E-state index contributed by atoms with van der Waals surface area (Å²) < 4.78 is 0. The highest BCUT2D eigenvalue weighted by atomic mass is 16.2. The van der Waals surface area contributed by atoms with Gasteiger partial charge in [0, 0.05) is 25.9 Å². The summed E-state index contributed by atoms with van der Waals surface area (Å²) in [5, 5.41) is 27.5. The van der Waals surface area contributed by atoms with Crippen molar-refractivity contribution in [2.45, 2.75) is 153 Å². The average Bonchev–Trinajstić information content (AvgIpc) is 3.70. The zero-order chi connectivity index (χ0) is 62.4. The molecule has 464 valence electrons. The van der Waals surface area contributed by atoms with Crippen molar-refractivity contribution in [1.29, 1.82) is 0 Å². The monoisotopic (exact) mass is 1180 g/mol. The molecule has 1 aliphatic rings. The van der Waals surface area contributed by atoms with E-state index in [1.807, 2.05) is 125 Å². The van der Waals surface area contributed by atoms with Crippen molar-refractivity contribution < 1.29 is 47.9 Å². The zero-order valence-corrected chi connectivity index (χ0v) is 49.9. The Morgan fingerprint density at radius 2 is 0.709 bits per heavy atom. The molecule has 22 nitrogen and oxygen atoms in total. The fourth-order valence-corrected chi connectivity index (χ4v) is 9.74. The van der Waals surface area contributed by atoms with Crippen LogP contribution in [0, 0.1) is 11.8 Å². The lowest BCUT2D eigenvalue weighted by molar-refractivity contribution is -0.134. The number of rotatable bonds is 24. The van der Waals surface area contributed by atoms with E-state index in [-0.39, 0.29) is 76.3 Å². The third kappa shape index (κ3) is 25.0. The smallest absolute Gasteiger partial charge is 0.243 e. The molecule has 8 atom stereocenters. The Bertz CT molecular complexity index is 2640. The highest BCUT2D eigenvalue weighted by molar-refractivity contribution is 5.97. The van der Waals surface area contributed by atoms with E-state index in [4.69, 9.17) is 11.5 Å². The first-order valence-electron chi connectivity index (χ1n) is 29.8. The molecular formula is C64H88N12O10. The van der Waals surface area contributed by atoms with Crippen LogP contribution < -0.4 is 64.6 Å². The second-order valence-electron chi connectivity index (χ2n) is 22.7. The standard InChI is InChI=1S/C64H88N12O10/c1-41(2)33-51(75-63(85)53(37-45-25-13-7-14-26-45)73-57(79)47(65)35-43-21-9-5-10-22-43)61(83)71-49-29-17-19-31-67-56(78)40-70-60(82)50(30-18-20-32-68-55(77)39-69-59(49)81)72-62(84)52(34-42(3)4)76-64(86)54(38-46-27-15-8-16-28-46)74-58(80)48(66)36-44-23-11-6-12-24-44/h5-16,21-28,41-42,47-54H,17-20,29-40,65-66H2,1-4H3,(H,67,78)(H,68,77)(H,69,81)(H,70,82)(H,71,83)(H,72,84)(H,73,79)(H,74,80)(H,75,85)(H,76,86)/t47-,48-,49-,50-,51-,52-,53-,54-/m1/s1. The summed E-state index contributed by atoms with van der Waals surface area (Å²) in [4.78, 5) is 138. The minimum atomic E-state index is -1.16. The Kier molecular flexibility index (Phi) is 28.9. The lowest BCUT2D eigenvalue weighted by Crippen LogP contribution is -2.58. The van der Waals surface area contributed by atoms with E-state index in [1.165, 1.54) is 0 Å². The maximum atomic E-state index is 14.2. The predicted octanol–water partition coefficient (Wildman–Crippen LogP) is 1.43. The number of nitrogens with one attached hydrogen (secondary N) is 10. The molecule has 86 heavy (non-hydrogen) atoms. The van der Waals surface area contributed by atoms with Gasteiger partial charge in [0.2, 0.25) is 59.1 Å². The van der Waals surface area contributed by atoms with Crippen molar-refractivity contribution in [1.82, 2.24) is 53.2 Å². The van der Waals surface area contributed by atoms with Crippen LogP contribution in [0.15, 0.2) is 121 Å². The highest BCUT2D eigenvalue weighted by Gasteiger charge is 2.34. The van der Waals surface area contributed by atoms with E-state index in [2.05, 4.69) is 53.2 Å². The lowest BCUT2D eigenvalue weighted by Gasteiger charge is -2.27. The van der Waals surface area contributed by atoms with Crippen LogP contribution in [0.1, 0.15) is 101 Å². The van der Waals surface area contributed by atoms with Gasteiger partial charge in [0.1, 0.15) is 36.3 Å². The fourth-order valence-electron chi connectivity index (χ4n) is 9.74. The molecule has 1 saturated heterocycles. The summed E-state index contributed by atoms with van der Waals surface area (Å²) in [5.41, 5.74) is 15.8. The summed E-state index contributed by atoms with van der Waals surface area (Å²) in [5.74, 6) is -6.29. The summed E-state index contributed by atoms with van der Waals surface area (Å²) in [6.45, 7) is 6.83. The van der Waals surface area contributed by atoms with Gasteiger partial charge in [0.15, 0.2) is 0 Å². The largest absolute Gasteiger partial charge is 0.355 e. The molecule has 1 heterocycles. The van der Waals surface area contributed by atoms with Crippen LogP contribution in [0.2, 0.25) is 0 Å². The Balaban J connectivity index is 1.21. The molecule has 4 aromatic rings. The topological polar surface area (TPSA) is 343 Å². The second kappa shape index (κ2) is 36.4. The van der Waals surface area contributed by atoms with Gasteiger partial charge in [0.25, 0.3) is 0 Å². The van der Waals surface area contributed by atoms with Gasteiger partial charge in [-0.1, -0.05) is 149 Å². The van der Waals surface area contributed by atoms with E-state index >= 15 is 0 Å². The SMILES string of the molecule is CC(C)C[C@@H](NC(=O)[C@@H](Cc1ccccc1)NC(=O)[C@H](N)Cc1ccccc1)C(=O)N[C@@H]1CCCCNC(=O)CNC(=O)[C@H](NC(=O)[C@@H](CC(C)C)NC(=O)[C@@H](Cc2ccccc2)NC(=O)[C@H](N)Cc2ccccc2)CCCCNC(=O)CNC1=O. The van der Waals surface area contributed by atoms with Crippen molar-refractivity contribution in [2.75, 3.05) is 26.2 Å². The minimum Gasteiger partial charge on any atom is -0.355 e. The van der Waals surface area contributed by atoms with Crippen molar-refractivity contribution in [3.05, 3.63) is 144 Å². The van der Waals surface area contributed by atoms with Gasteiger partial charge in [-0.05, 0) is 98.3 Å². The molecule has 0 bridgehead atoms. The van der Waals surface area contributed by atoms with Gasteiger partial charge in [-0.25, -0.2) is 0 Å². The van der Waals surface area contributed by atoms with Crippen molar-refractivity contribution in [3.8, 4) is 0 Å². The number of hydrogen-bond donors (Lipinski definition) is 12. The van der Waals surface area contributed by atoms with Gasteiger partial charge >= 0.3 is 0 Å². The van der Waals surface area contributed by atoms with Crippen molar-refractivity contribution in [2.24, 2.45) is 23.3 Å². The van der Waals surface area contributed by atoms with Crippen LogP contribution >= 0.6 is 0 Å². The van der Waals surface area contributed by atoms with Crippen LogP contribution in [0.5, 0.6) is 0 Å². The Morgan fingerprint density at radius 3 is 1.02 bits per heavy atom. The Labute approximate surface area is 504 Å². The van der Waals surface area contributed by atoms with E-state index < -0.39 is 120 Å². The Morgan fingerprint density at radius 1 is 0.407 bits per heavy atom. The molecule has 0 spiro atoms. The van der Waals surface area contributed by atoms with Gasteiger partial charge in [0.05, 0.1) is 25.2 Å². The highest BCUT2D eigenvalue weighted by Crippen LogP contribution is 2.14. The summed E-state index contributed by atoms with van der Waals surface area (Å²) in [6.07, 6.45) is 2.40. The molecule has 1 fully saturated rings. The molecule has 22 heteroatoms. The molecule has 5 rings (SSSR count). The van der Waals surface area contributed by atoms with Gasteiger partial charge in [-0.2, -0.15) is 0 Å². The van der Waals surface area contributed by atoms with Crippen LogP contribution in [0.25, 0.3) is 0 Å². The maximum Gasteiger partial charge on any atom is 0.243 e. The van der Waals surface area contributed by atoms with Crippen LogP contribution in [-0.4, -0.2) is 134 Å². The van der Waals surface area contributed by atoms with Crippen LogP contribution in [-0.2, 0) is 73.6 Å². The first-order valence-corrected chi connectivity index (χ1v) is 29.8. The molecule has 0 unspecified atom stereocenters. The summed E-state index contributed by atoms with van der Waals surface area (Å²) in [7, 11) is 0. The first kappa shape index (κ1) is 68.3. The number of carbonyl (C=O) groups excluding carboxylic acids is 10. The third-order valence-electron chi connectivity index (χ3n) is 14.4. The molecule has 4 aromatic carbocycles. The normalized spacial score (nSPS) is 17.9. The number of benzene rings is 4. The van der Waals surface area contributed by atoms with Crippen molar-refractivity contribution in [3.63, 3.8) is 0 Å². The number of nitrogens with two attached hydrogens (primary N) is 2. The van der Waals surface area contributed by atoms with Crippen LogP contribution in [0.3, 0.4) is 0 Å². The molecule has 10 amide bonds. The number of amides is 10. The van der Waals surface area contributed by atoms with E-state index in [1.54, 1.807) is 24.3 Å². The second-order valence-corrected chi connectivity index (χ2v) is 22.7. The average molecular weight is 1190 g/mol. The van der Waals surface area contributed by atoms with Crippen molar-refractivity contribution >= 4 is 59.1 Å². The molecule has 1 aliphatic heterocycles. The first-order chi connectivity index (χ1) is 41.2. The van der Waals surface area contributed by atoms with E-state index in [0.29, 0.717) is 25.7 Å². The maximum absolute atomic E-state index is 14.2. The zero-order valence-electron chi connectivity index (χ0n) is 49.9. The number of carbonyl (C=O) groups is 10. The lowest BCUT2D eigenvalue weighted by atomic mass is 9.99. The van der Waals surface area contributed by atoms with Gasteiger partial charge < -0.3 is 64.6 Å². The predicted molar refractivity (Wildman–Crippen MR) is 327 cm³/mol. The van der Waals surface area contributed by atoms with E-state index in [9.17, 15) is 47.9 Å². The molecule has 14 N–H and O–H groups in total. The fraction of sp³-hybridized carbons (Fsp3) is 0.469. The van der Waals surface area contributed by atoms with Gasteiger partial charge in [-0.3, -0.25) is 47.9 Å². The molecule has 0 saturated carbocycles. The van der Waals surface area contributed by atoms with Crippen LogP contribution in [0.4, 0.5) is 0 Å². The molecule has 0 aliphatic carbocycles. The Hall–Kier alpha value is -8.50. The quantitative estimate of drug-likeness (QED) is 0.0474. The third-order valence-corrected chi connectivity index (χ3v) is 14.4. The van der Waals surface area contributed by atoms with E-state index in [0.717, 1.165) is 22.3 Å².